The number of nitrogens with one attached hydrogen (secondary N) is 1. The van der Waals surface area contributed by atoms with Gasteiger partial charge in [-0.2, -0.15) is 0 Å². The quantitative estimate of drug-likeness (QED) is 0.337. The third-order valence-electron chi connectivity index (χ3n) is 6.24. The van der Waals surface area contributed by atoms with Gasteiger partial charge in [0.05, 0.1) is 17.2 Å². The van der Waals surface area contributed by atoms with Gasteiger partial charge in [-0.25, -0.2) is 8.42 Å². The van der Waals surface area contributed by atoms with Crippen LogP contribution in [0.1, 0.15) is 38.3 Å². The second-order valence-corrected chi connectivity index (χ2v) is 11.1. The fraction of sp³-hybridized carbons (Fsp3) is 0.333. The second kappa shape index (κ2) is 13.8. The van der Waals surface area contributed by atoms with Gasteiger partial charge in [0.1, 0.15) is 18.3 Å². The molecule has 0 aliphatic rings. The maximum atomic E-state index is 13.9. The Labute approximate surface area is 231 Å². The van der Waals surface area contributed by atoms with Gasteiger partial charge >= 0.3 is 0 Å². The van der Waals surface area contributed by atoms with E-state index in [4.69, 9.17) is 4.74 Å². The first-order chi connectivity index (χ1) is 18.7. The van der Waals surface area contributed by atoms with Crippen molar-refractivity contribution in [2.24, 2.45) is 0 Å². The van der Waals surface area contributed by atoms with Gasteiger partial charge in [0.15, 0.2) is 0 Å². The molecule has 0 spiro atoms. The lowest BCUT2D eigenvalue weighted by Gasteiger charge is -2.32. The first-order valence-electron chi connectivity index (χ1n) is 13.1. The Kier molecular flexibility index (Phi) is 10.5. The SMILES string of the molecule is CCCNC(=O)[C@H](C)N(Cc1ccccc1)C(=O)CN(c1ccc(OCC)cc1)S(=O)(=O)c1ccc(C)cc1. The summed E-state index contributed by atoms with van der Waals surface area (Å²) in [7, 11) is -4.11. The molecular weight excluding hydrogens is 514 g/mol. The number of sulfonamides is 1. The third-order valence-corrected chi connectivity index (χ3v) is 8.02. The minimum absolute atomic E-state index is 0.0677. The molecule has 0 saturated heterocycles. The third kappa shape index (κ3) is 7.83. The maximum absolute atomic E-state index is 13.9. The molecule has 0 aliphatic carbocycles. The molecule has 0 fully saturated rings. The Morgan fingerprint density at radius 1 is 0.923 bits per heavy atom. The van der Waals surface area contributed by atoms with Gasteiger partial charge < -0.3 is 15.0 Å². The number of aryl methyl sites for hydroxylation is 1. The molecule has 3 rings (SSSR count). The standard InChI is InChI=1S/C30H37N3O5S/c1-5-20-31-30(35)24(4)32(21-25-10-8-7-9-11-25)29(34)22-33(26-14-16-27(17-15-26)38-6-2)39(36,37)28-18-12-23(3)13-19-28/h7-19,24H,5-6,20-22H2,1-4H3,(H,31,35)/t24-/m0/s1. The van der Waals surface area contributed by atoms with Crippen LogP contribution < -0.4 is 14.4 Å². The molecule has 39 heavy (non-hydrogen) atoms. The van der Waals surface area contributed by atoms with Crippen LogP contribution in [-0.4, -0.2) is 50.9 Å². The largest absolute Gasteiger partial charge is 0.494 e. The van der Waals surface area contributed by atoms with Crippen molar-refractivity contribution in [1.29, 1.82) is 0 Å². The fourth-order valence-electron chi connectivity index (χ4n) is 4.00. The number of rotatable bonds is 13. The lowest BCUT2D eigenvalue weighted by molar-refractivity contribution is -0.139. The number of benzene rings is 3. The number of nitrogens with zero attached hydrogens (tertiary/aromatic N) is 2. The summed E-state index contributed by atoms with van der Waals surface area (Å²) in [6.45, 7) is 7.96. The topological polar surface area (TPSA) is 96.0 Å². The van der Waals surface area contributed by atoms with Crippen LogP contribution in [-0.2, 0) is 26.2 Å². The molecule has 208 valence electrons. The Morgan fingerprint density at radius 2 is 1.56 bits per heavy atom. The van der Waals surface area contributed by atoms with Crippen molar-refractivity contribution in [3.05, 3.63) is 90.0 Å². The van der Waals surface area contributed by atoms with E-state index in [0.29, 0.717) is 24.6 Å². The summed E-state index contributed by atoms with van der Waals surface area (Å²) < 4.78 is 34.3. The van der Waals surface area contributed by atoms with E-state index in [0.717, 1.165) is 21.9 Å². The predicted molar refractivity (Wildman–Crippen MR) is 153 cm³/mol. The molecule has 8 nitrogen and oxygen atoms in total. The van der Waals surface area contributed by atoms with Gasteiger partial charge in [-0.1, -0.05) is 55.0 Å². The van der Waals surface area contributed by atoms with Crippen molar-refractivity contribution < 1.29 is 22.7 Å². The minimum Gasteiger partial charge on any atom is -0.494 e. The highest BCUT2D eigenvalue weighted by atomic mass is 32.2. The number of amides is 2. The van der Waals surface area contributed by atoms with Gasteiger partial charge in [0.25, 0.3) is 10.0 Å². The van der Waals surface area contributed by atoms with Crippen molar-refractivity contribution in [2.75, 3.05) is 24.0 Å². The molecule has 0 unspecified atom stereocenters. The molecule has 0 bridgehead atoms. The molecule has 2 amide bonds. The molecule has 1 N–H and O–H groups in total. The van der Waals surface area contributed by atoms with Crippen LogP contribution >= 0.6 is 0 Å². The molecule has 0 aliphatic heterocycles. The summed E-state index contributed by atoms with van der Waals surface area (Å²) in [5.74, 6) is -0.204. The molecule has 1 atom stereocenters. The lowest BCUT2D eigenvalue weighted by atomic mass is 10.1. The van der Waals surface area contributed by atoms with Crippen molar-refractivity contribution in [1.82, 2.24) is 10.2 Å². The monoisotopic (exact) mass is 551 g/mol. The average molecular weight is 552 g/mol. The van der Waals surface area contributed by atoms with Gasteiger partial charge in [-0.3, -0.25) is 13.9 Å². The highest BCUT2D eigenvalue weighted by Crippen LogP contribution is 2.27. The number of hydrogen-bond acceptors (Lipinski definition) is 5. The molecule has 3 aromatic rings. The van der Waals surface area contributed by atoms with E-state index in [1.54, 1.807) is 43.3 Å². The summed E-state index contributed by atoms with van der Waals surface area (Å²) in [6, 6.07) is 21.6. The molecule has 9 heteroatoms. The summed E-state index contributed by atoms with van der Waals surface area (Å²) in [5.41, 5.74) is 2.06. The van der Waals surface area contributed by atoms with E-state index in [1.165, 1.54) is 17.0 Å². The second-order valence-electron chi connectivity index (χ2n) is 9.23. The van der Waals surface area contributed by atoms with Crippen LogP contribution in [0.15, 0.2) is 83.8 Å². The van der Waals surface area contributed by atoms with Crippen LogP contribution in [0.4, 0.5) is 5.69 Å². The molecule has 0 saturated carbocycles. The van der Waals surface area contributed by atoms with Crippen LogP contribution in [0.2, 0.25) is 0 Å². The van der Waals surface area contributed by atoms with Crippen LogP contribution in [0.25, 0.3) is 0 Å². The number of carbonyl (C=O) groups excluding carboxylic acids is 2. The zero-order valence-corrected chi connectivity index (χ0v) is 23.8. The van der Waals surface area contributed by atoms with Crippen LogP contribution in [0.3, 0.4) is 0 Å². The molecule has 0 radical (unpaired) electrons. The normalized spacial score (nSPS) is 11.9. The Balaban J connectivity index is 2.00. The molecule has 0 heterocycles. The van der Waals surface area contributed by atoms with Gasteiger partial charge in [-0.05, 0) is 69.2 Å². The van der Waals surface area contributed by atoms with Gasteiger partial charge in [-0.15, -0.1) is 0 Å². The number of carbonyl (C=O) groups is 2. The van der Waals surface area contributed by atoms with E-state index in [-0.39, 0.29) is 17.3 Å². The molecule has 3 aromatic carbocycles. The van der Waals surface area contributed by atoms with Gasteiger partial charge in [0.2, 0.25) is 11.8 Å². The highest BCUT2D eigenvalue weighted by molar-refractivity contribution is 7.92. The van der Waals surface area contributed by atoms with Gasteiger partial charge in [0, 0.05) is 13.1 Å². The fourth-order valence-corrected chi connectivity index (χ4v) is 5.41. The van der Waals surface area contributed by atoms with Crippen molar-refractivity contribution >= 4 is 27.5 Å². The van der Waals surface area contributed by atoms with E-state index >= 15 is 0 Å². The van der Waals surface area contributed by atoms with E-state index in [1.807, 2.05) is 51.1 Å². The smallest absolute Gasteiger partial charge is 0.264 e. The Morgan fingerprint density at radius 3 is 2.15 bits per heavy atom. The number of hydrogen-bond donors (Lipinski definition) is 1. The Hall–Kier alpha value is -3.85. The summed E-state index contributed by atoms with van der Waals surface area (Å²) >= 11 is 0. The first-order valence-corrected chi connectivity index (χ1v) is 14.5. The summed E-state index contributed by atoms with van der Waals surface area (Å²) in [5, 5.41) is 2.84. The summed E-state index contributed by atoms with van der Waals surface area (Å²) in [4.78, 5) is 28.3. The van der Waals surface area contributed by atoms with Crippen LogP contribution in [0, 0.1) is 6.92 Å². The number of ether oxygens (including phenoxy) is 1. The lowest BCUT2D eigenvalue weighted by Crippen LogP contribution is -2.51. The molecular formula is C30H37N3O5S. The van der Waals surface area contributed by atoms with Crippen molar-refractivity contribution in [2.45, 2.75) is 51.6 Å². The average Bonchev–Trinajstić information content (AvgIpc) is 2.94. The zero-order valence-electron chi connectivity index (χ0n) is 23.0. The van der Waals surface area contributed by atoms with Crippen molar-refractivity contribution in [3.8, 4) is 5.75 Å². The minimum atomic E-state index is -4.11. The molecule has 0 aromatic heterocycles. The van der Waals surface area contributed by atoms with E-state index in [2.05, 4.69) is 5.32 Å². The summed E-state index contributed by atoms with van der Waals surface area (Å²) in [6.07, 6.45) is 0.755. The first kappa shape index (κ1) is 29.7. The zero-order chi connectivity index (χ0) is 28.4. The predicted octanol–water partition coefficient (Wildman–Crippen LogP) is 4.53. The highest BCUT2D eigenvalue weighted by Gasteiger charge is 2.32. The Bertz CT molecular complexity index is 1330. The van der Waals surface area contributed by atoms with Crippen LogP contribution in [0.5, 0.6) is 5.75 Å². The van der Waals surface area contributed by atoms with E-state index < -0.39 is 28.5 Å². The van der Waals surface area contributed by atoms with E-state index in [9.17, 15) is 18.0 Å². The number of anilines is 1. The van der Waals surface area contributed by atoms with Crippen molar-refractivity contribution in [3.63, 3.8) is 0 Å². The maximum Gasteiger partial charge on any atom is 0.264 e.